The molecular formula is C14H13N3O2S2. The van der Waals surface area contributed by atoms with Crippen molar-refractivity contribution in [3.8, 4) is 5.69 Å². The molecule has 0 spiro atoms. The summed E-state index contributed by atoms with van der Waals surface area (Å²) in [6.45, 7) is 0. The second-order valence-electron chi connectivity index (χ2n) is 4.50. The number of thioether (sulfide) groups is 2. The number of rotatable bonds is 4. The van der Waals surface area contributed by atoms with Crippen LogP contribution < -0.4 is 11.3 Å². The van der Waals surface area contributed by atoms with Crippen LogP contribution in [0.2, 0.25) is 0 Å². The Hall–Kier alpha value is -1.73. The van der Waals surface area contributed by atoms with Crippen LogP contribution in [-0.4, -0.2) is 27.0 Å². The van der Waals surface area contributed by atoms with E-state index in [9.17, 15) is 9.59 Å². The largest absolute Gasteiger partial charge is 0.369 e. The zero-order valence-electron chi connectivity index (χ0n) is 11.1. The molecule has 3 rings (SSSR count). The number of nitrogens with two attached hydrogens (primary N) is 1. The smallest absolute Gasteiger partial charge is 0.272 e. The van der Waals surface area contributed by atoms with Gasteiger partial charge in [-0.2, -0.15) is 0 Å². The molecule has 0 radical (unpaired) electrons. The van der Waals surface area contributed by atoms with Gasteiger partial charge in [-0.3, -0.25) is 14.2 Å². The molecule has 0 bridgehead atoms. The van der Waals surface area contributed by atoms with Crippen molar-refractivity contribution in [3.05, 3.63) is 46.4 Å². The molecule has 0 atom stereocenters. The van der Waals surface area contributed by atoms with Gasteiger partial charge in [0.15, 0.2) is 5.16 Å². The first-order valence-electron chi connectivity index (χ1n) is 6.42. The first kappa shape index (κ1) is 14.2. The molecule has 1 amide bonds. The third-order valence-corrected chi connectivity index (χ3v) is 5.09. The van der Waals surface area contributed by atoms with Crippen molar-refractivity contribution in [2.75, 3.05) is 11.5 Å². The van der Waals surface area contributed by atoms with Gasteiger partial charge in [-0.1, -0.05) is 30.0 Å². The molecule has 0 saturated heterocycles. The van der Waals surface area contributed by atoms with Gasteiger partial charge in [-0.05, 0) is 12.1 Å². The highest BCUT2D eigenvalue weighted by Crippen LogP contribution is 2.29. The Labute approximate surface area is 130 Å². The second-order valence-corrected chi connectivity index (χ2v) is 6.55. The molecule has 7 heteroatoms. The lowest BCUT2D eigenvalue weighted by molar-refractivity contribution is -0.115. The van der Waals surface area contributed by atoms with Gasteiger partial charge in [0.2, 0.25) is 5.91 Å². The maximum absolute atomic E-state index is 12.7. The molecule has 2 N–H and O–H groups in total. The van der Waals surface area contributed by atoms with Crippen LogP contribution in [0.5, 0.6) is 0 Å². The highest BCUT2D eigenvalue weighted by atomic mass is 32.2. The molecule has 2 aromatic rings. The zero-order valence-corrected chi connectivity index (χ0v) is 12.7. The molecule has 0 saturated carbocycles. The van der Waals surface area contributed by atoms with Crippen molar-refractivity contribution in [1.29, 1.82) is 0 Å². The lowest BCUT2D eigenvalue weighted by Gasteiger charge is -2.13. The molecule has 0 fully saturated rings. The van der Waals surface area contributed by atoms with E-state index in [0.717, 1.165) is 23.6 Å². The summed E-state index contributed by atoms with van der Waals surface area (Å²) in [5, 5.41) is 0.520. The summed E-state index contributed by atoms with van der Waals surface area (Å²) in [7, 11) is 0. The Bertz CT molecular complexity index is 744. The highest BCUT2D eigenvalue weighted by molar-refractivity contribution is 8.00. The highest BCUT2D eigenvalue weighted by Gasteiger charge is 2.22. The monoisotopic (exact) mass is 319 g/mol. The fraction of sp³-hybridized carbons (Fsp3) is 0.214. The lowest BCUT2D eigenvalue weighted by atomic mass is 10.3. The number of fused-ring (bicyclic) bond motifs is 1. The van der Waals surface area contributed by atoms with Crippen LogP contribution >= 0.6 is 23.5 Å². The molecule has 108 valence electrons. The van der Waals surface area contributed by atoms with E-state index in [1.807, 2.05) is 30.3 Å². The van der Waals surface area contributed by atoms with E-state index < -0.39 is 5.91 Å². The molecule has 21 heavy (non-hydrogen) atoms. The van der Waals surface area contributed by atoms with Gasteiger partial charge in [0.25, 0.3) is 5.56 Å². The number of carbonyl (C=O) groups excluding carboxylic acids is 1. The fourth-order valence-electron chi connectivity index (χ4n) is 2.13. The molecule has 1 aromatic carbocycles. The first-order chi connectivity index (χ1) is 10.2. The Morgan fingerprint density at radius 2 is 2.14 bits per heavy atom. The first-order valence-corrected chi connectivity index (χ1v) is 8.39. The topological polar surface area (TPSA) is 78.0 Å². The Morgan fingerprint density at radius 1 is 1.38 bits per heavy atom. The van der Waals surface area contributed by atoms with E-state index in [-0.39, 0.29) is 11.3 Å². The van der Waals surface area contributed by atoms with Gasteiger partial charge >= 0.3 is 0 Å². The number of nitrogens with zero attached hydrogens (tertiary/aromatic N) is 2. The van der Waals surface area contributed by atoms with E-state index >= 15 is 0 Å². The van der Waals surface area contributed by atoms with E-state index in [2.05, 4.69) is 4.98 Å². The van der Waals surface area contributed by atoms with E-state index in [1.54, 1.807) is 4.57 Å². The van der Waals surface area contributed by atoms with Gasteiger partial charge in [-0.15, -0.1) is 11.8 Å². The summed E-state index contributed by atoms with van der Waals surface area (Å²) in [5.41, 5.74) is 6.70. The number of hydrogen-bond acceptors (Lipinski definition) is 5. The Balaban J connectivity index is 2.15. The summed E-state index contributed by atoms with van der Waals surface area (Å²) >= 11 is 2.74. The summed E-state index contributed by atoms with van der Waals surface area (Å²) < 4.78 is 1.56. The van der Waals surface area contributed by atoms with Gasteiger partial charge in [0.1, 0.15) is 0 Å². The van der Waals surface area contributed by atoms with Crippen molar-refractivity contribution >= 4 is 29.4 Å². The van der Waals surface area contributed by atoms with Crippen molar-refractivity contribution in [1.82, 2.24) is 9.55 Å². The fourth-order valence-corrected chi connectivity index (χ4v) is 3.92. The van der Waals surface area contributed by atoms with Crippen LogP contribution in [0.3, 0.4) is 0 Å². The van der Waals surface area contributed by atoms with Crippen molar-refractivity contribution in [3.63, 3.8) is 0 Å². The maximum Gasteiger partial charge on any atom is 0.272 e. The second kappa shape index (κ2) is 5.95. The molecule has 0 aliphatic carbocycles. The summed E-state index contributed by atoms with van der Waals surface area (Å²) in [5.74, 6) is 0.547. The van der Waals surface area contributed by atoms with Crippen LogP contribution in [0.25, 0.3) is 5.69 Å². The molecular weight excluding hydrogens is 306 g/mol. The van der Waals surface area contributed by atoms with Crippen molar-refractivity contribution < 1.29 is 4.79 Å². The number of benzene rings is 1. The minimum Gasteiger partial charge on any atom is -0.369 e. The average molecular weight is 319 g/mol. The van der Waals surface area contributed by atoms with Crippen LogP contribution in [0, 0.1) is 0 Å². The third kappa shape index (κ3) is 2.84. The predicted octanol–water partition coefficient (Wildman–Crippen LogP) is 1.46. The summed E-state index contributed by atoms with van der Waals surface area (Å²) in [4.78, 5) is 29.0. The molecule has 1 aliphatic rings. The standard InChI is InChI=1S/C14H13N3O2S2/c15-11(18)8-21-14-16-10-6-7-20-12(10)13(19)17(14)9-4-2-1-3-5-9/h1-5H,6-8H2,(H2,15,18). The number of amides is 1. The van der Waals surface area contributed by atoms with Crippen LogP contribution in [-0.2, 0) is 11.2 Å². The number of aromatic nitrogens is 2. The van der Waals surface area contributed by atoms with Gasteiger partial charge in [-0.25, -0.2) is 4.98 Å². The molecule has 2 heterocycles. The summed E-state index contributed by atoms with van der Waals surface area (Å²) in [6, 6.07) is 9.32. The number of primary amides is 1. The normalized spacial score (nSPS) is 13.1. The molecule has 0 unspecified atom stereocenters. The lowest BCUT2D eigenvalue weighted by Crippen LogP contribution is -2.24. The number of aryl methyl sites for hydroxylation is 1. The van der Waals surface area contributed by atoms with Crippen molar-refractivity contribution in [2.24, 2.45) is 5.73 Å². The quantitative estimate of drug-likeness (QED) is 0.682. The zero-order chi connectivity index (χ0) is 14.8. The average Bonchev–Trinajstić information content (AvgIpc) is 2.95. The molecule has 5 nitrogen and oxygen atoms in total. The minimum absolute atomic E-state index is 0.0688. The van der Waals surface area contributed by atoms with Crippen LogP contribution in [0.1, 0.15) is 5.69 Å². The molecule has 1 aliphatic heterocycles. The minimum atomic E-state index is -0.427. The van der Waals surface area contributed by atoms with Gasteiger partial charge in [0, 0.05) is 12.2 Å². The van der Waals surface area contributed by atoms with Crippen LogP contribution in [0.4, 0.5) is 0 Å². The third-order valence-electron chi connectivity index (χ3n) is 3.02. The number of para-hydroxylation sites is 1. The number of hydrogen-bond donors (Lipinski definition) is 1. The maximum atomic E-state index is 12.7. The van der Waals surface area contributed by atoms with Crippen molar-refractivity contribution in [2.45, 2.75) is 16.5 Å². The van der Waals surface area contributed by atoms with E-state index in [0.29, 0.717) is 10.1 Å². The van der Waals surface area contributed by atoms with Gasteiger partial charge < -0.3 is 5.73 Å². The van der Waals surface area contributed by atoms with Gasteiger partial charge in [0.05, 0.1) is 22.0 Å². The van der Waals surface area contributed by atoms with E-state index in [4.69, 9.17) is 5.73 Å². The SMILES string of the molecule is NC(=O)CSc1nc2c(c(=O)n1-c1ccccc1)SCC2. The number of carbonyl (C=O) groups is 1. The summed E-state index contributed by atoms with van der Waals surface area (Å²) in [6.07, 6.45) is 0.787. The Morgan fingerprint density at radius 3 is 2.86 bits per heavy atom. The van der Waals surface area contributed by atoms with E-state index in [1.165, 1.54) is 23.5 Å². The molecule has 1 aromatic heterocycles. The predicted molar refractivity (Wildman–Crippen MR) is 84.2 cm³/mol. The van der Waals surface area contributed by atoms with Crippen LogP contribution in [0.15, 0.2) is 45.2 Å². The Kier molecular flexibility index (Phi) is 4.03.